The molecule has 1 fully saturated rings. The number of anilines is 1. The molecule has 2 N–H and O–H groups in total. The highest BCUT2D eigenvalue weighted by molar-refractivity contribution is 14.0. The molecule has 0 bridgehead atoms. The molecule has 0 radical (unpaired) electrons. The van der Waals surface area contributed by atoms with E-state index in [0.717, 1.165) is 45.0 Å². The second-order valence-corrected chi connectivity index (χ2v) is 8.61. The lowest BCUT2D eigenvalue weighted by atomic mass is 9.93. The first-order chi connectivity index (χ1) is 11.4. The van der Waals surface area contributed by atoms with E-state index < -0.39 is 0 Å². The van der Waals surface area contributed by atoms with Gasteiger partial charge in [-0.15, -0.1) is 35.3 Å². The SMILES string of the molecule is CN=C(NCC(C)(C)CN(C)C)NC1CCN(c2cccs2)CC1.I. The zero-order valence-electron chi connectivity index (χ0n) is 16.2. The zero-order chi connectivity index (χ0) is 17.6. The Labute approximate surface area is 174 Å². The quantitative estimate of drug-likeness (QED) is 0.374. The van der Waals surface area contributed by atoms with E-state index in [1.54, 1.807) is 0 Å². The fourth-order valence-electron chi connectivity index (χ4n) is 3.32. The van der Waals surface area contributed by atoms with Crippen LogP contribution in [0.4, 0.5) is 5.00 Å². The molecule has 0 unspecified atom stereocenters. The van der Waals surface area contributed by atoms with Crippen molar-refractivity contribution in [1.29, 1.82) is 0 Å². The van der Waals surface area contributed by atoms with Gasteiger partial charge in [0.25, 0.3) is 0 Å². The molecular formula is C18H34IN5S. The van der Waals surface area contributed by atoms with Crippen molar-refractivity contribution in [2.45, 2.75) is 32.7 Å². The molecular weight excluding hydrogens is 445 g/mol. The highest BCUT2D eigenvalue weighted by atomic mass is 127. The van der Waals surface area contributed by atoms with Gasteiger partial charge in [0.2, 0.25) is 0 Å². The Morgan fingerprint density at radius 3 is 2.56 bits per heavy atom. The first kappa shape index (κ1) is 22.5. The fraction of sp³-hybridized carbons (Fsp3) is 0.722. The predicted molar refractivity (Wildman–Crippen MR) is 122 cm³/mol. The van der Waals surface area contributed by atoms with Gasteiger partial charge >= 0.3 is 0 Å². The standard InChI is InChI=1S/C18H33N5S.HI/c1-18(2,14-22(4)5)13-20-17(19-3)21-15-8-10-23(11-9-15)16-7-6-12-24-16;/h6-7,12,15H,8-11,13-14H2,1-5H3,(H2,19,20,21);1H. The third-order valence-corrected chi connectivity index (χ3v) is 5.28. The van der Waals surface area contributed by atoms with Crippen molar-refractivity contribution in [3.05, 3.63) is 17.5 Å². The maximum Gasteiger partial charge on any atom is 0.191 e. The van der Waals surface area contributed by atoms with Gasteiger partial charge in [-0.25, -0.2) is 0 Å². The van der Waals surface area contributed by atoms with E-state index in [4.69, 9.17) is 0 Å². The maximum absolute atomic E-state index is 4.40. The van der Waals surface area contributed by atoms with E-state index in [9.17, 15) is 0 Å². The molecule has 144 valence electrons. The molecule has 1 aromatic rings. The summed E-state index contributed by atoms with van der Waals surface area (Å²) in [5.74, 6) is 0.927. The number of nitrogens with one attached hydrogen (secondary N) is 2. The van der Waals surface area contributed by atoms with Crippen molar-refractivity contribution < 1.29 is 0 Å². The first-order valence-electron chi connectivity index (χ1n) is 8.80. The Hall–Kier alpha value is -0.540. The minimum absolute atomic E-state index is 0. The average molecular weight is 479 g/mol. The summed E-state index contributed by atoms with van der Waals surface area (Å²) < 4.78 is 0. The fourth-order valence-corrected chi connectivity index (χ4v) is 4.10. The number of guanidine groups is 1. The number of nitrogens with zero attached hydrogens (tertiary/aromatic N) is 3. The lowest BCUT2D eigenvalue weighted by Gasteiger charge is -2.34. The molecule has 2 rings (SSSR count). The van der Waals surface area contributed by atoms with Gasteiger partial charge in [0.15, 0.2) is 5.96 Å². The summed E-state index contributed by atoms with van der Waals surface area (Å²) >= 11 is 1.83. The summed E-state index contributed by atoms with van der Waals surface area (Å²) in [7, 11) is 6.10. The number of piperidine rings is 1. The highest BCUT2D eigenvalue weighted by Crippen LogP contribution is 2.24. The summed E-state index contributed by atoms with van der Waals surface area (Å²) in [5.41, 5.74) is 0.212. The van der Waals surface area contributed by atoms with Crippen LogP contribution >= 0.6 is 35.3 Å². The van der Waals surface area contributed by atoms with Crippen molar-refractivity contribution in [2.24, 2.45) is 10.4 Å². The van der Waals surface area contributed by atoms with Crippen LogP contribution in [-0.4, -0.2) is 64.2 Å². The van der Waals surface area contributed by atoms with Crippen LogP contribution in [0.5, 0.6) is 0 Å². The largest absolute Gasteiger partial charge is 0.363 e. The Morgan fingerprint density at radius 2 is 2.04 bits per heavy atom. The summed E-state index contributed by atoms with van der Waals surface area (Å²) in [6.45, 7) is 8.76. The van der Waals surface area contributed by atoms with Crippen molar-refractivity contribution in [3.63, 3.8) is 0 Å². The normalized spacial score (nSPS) is 16.7. The maximum atomic E-state index is 4.40. The van der Waals surface area contributed by atoms with Gasteiger partial charge in [0, 0.05) is 39.3 Å². The first-order valence-corrected chi connectivity index (χ1v) is 9.68. The summed E-state index contributed by atoms with van der Waals surface area (Å²) in [6, 6.07) is 4.85. The molecule has 1 aliphatic heterocycles. The van der Waals surface area contributed by atoms with Crippen LogP contribution < -0.4 is 15.5 Å². The van der Waals surface area contributed by atoms with Crippen LogP contribution in [0, 0.1) is 5.41 Å². The van der Waals surface area contributed by atoms with Crippen LogP contribution in [0.25, 0.3) is 0 Å². The minimum atomic E-state index is 0. The van der Waals surface area contributed by atoms with E-state index in [0.29, 0.717) is 6.04 Å². The number of halogens is 1. The summed E-state index contributed by atoms with van der Waals surface area (Å²) in [5, 5.41) is 10.6. The number of hydrogen-bond acceptors (Lipinski definition) is 4. The summed E-state index contributed by atoms with van der Waals surface area (Å²) in [4.78, 5) is 9.12. The van der Waals surface area contributed by atoms with Gasteiger partial charge in [-0.1, -0.05) is 13.8 Å². The van der Waals surface area contributed by atoms with Gasteiger partial charge in [0.1, 0.15) is 0 Å². The molecule has 5 nitrogen and oxygen atoms in total. The van der Waals surface area contributed by atoms with Crippen LogP contribution in [-0.2, 0) is 0 Å². The van der Waals surface area contributed by atoms with Crippen LogP contribution in [0.15, 0.2) is 22.5 Å². The van der Waals surface area contributed by atoms with Crippen molar-refractivity contribution in [3.8, 4) is 0 Å². The van der Waals surface area contributed by atoms with Crippen molar-refractivity contribution in [2.75, 3.05) is 52.2 Å². The van der Waals surface area contributed by atoms with E-state index in [1.165, 1.54) is 5.00 Å². The van der Waals surface area contributed by atoms with Crippen LogP contribution in [0.3, 0.4) is 0 Å². The third-order valence-electron chi connectivity index (χ3n) is 4.36. The van der Waals surface area contributed by atoms with Crippen LogP contribution in [0.1, 0.15) is 26.7 Å². The van der Waals surface area contributed by atoms with E-state index in [1.807, 2.05) is 18.4 Å². The molecule has 0 saturated carbocycles. The van der Waals surface area contributed by atoms with Gasteiger partial charge < -0.3 is 20.4 Å². The molecule has 7 heteroatoms. The molecule has 1 aromatic heterocycles. The second kappa shape index (κ2) is 10.6. The number of aliphatic imine (C=N–C) groups is 1. The lowest BCUT2D eigenvalue weighted by molar-refractivity contribution is 0.240. The van der Waals surface area contributed by atoms with E-state index in [2.05, 4.69) is 70.9 Å². The topological polar surface area (TPSA) is 42.9 Å². The van der Waals surface area contributed by atoms with Crippen molar-refractivity contribution >= 4 is 46.3 Å². The Kier molecular flexibility index (Phi) is 9.51. The Balaban J connectivity index is 0.00000312. The molecule has 0 aromatic carbocycles. The smallest absolute Gasteiger partial charge is 0.191 e. The Morgan fingerprint density at radius 1 is 1.36 bits per heavy atom. The Bertz CT molecular complexity index is 508. The molecule has 1 aliphatic rings. The van der Waals surface area contributed by atoms with Gasteiger partial charge in [-0.05, 0) is 49.9 Å². The van der Waals surface area contributed by atoms with E-state index >= 15 is 0 Å². The second-order valence-electron chi connectivity index (χ2n) is 7.68. The van der Waals surface area contributed by atoms with Gasteiger partial charge in [0.05, 0.1) is 5.00 Å². The molecule has 0 amide bonds. The highest BCUT2D eigenvalue weighted by Gasteiger charge is 2.22. The molecule has 0 aliphatic carbocycles. The minimum Gasteiger partial charge on any atom is -0.363 e. The molecule has 2 heterocycles. The molecule has 1 saturated heterocycles. The lowest BCUT2D eigenvalue weighted by Crippen LogP contribution is -2.50. The molecule has 0 spiro atoms. The van der Waals surface area contributed by atoms with Crippen molar-refractivity contribution in [1.82, 2.24) is 15.5 Å². The molecule has 25 heavy (non-hydrogen) atoms. The van der Waals surface area contributed by atoms with Gasteiger partial charge in [-0.2, -0.15) is 0 Å². The van der Waals surface area contributed by atoms with E-state index in [-0.39, 0.29) is 29.4 Å². The third kappa shape index (κ3) is 7.70. The van der Waals surface area contributed by atoms with Gasteiger partial charge in [-0.3, -0.25) is 4.99 Å². The molecule has 0 atom stereocenters. The average Bonchev–Trinajstić information content (AvgIpc) is 3.05. The monoisotopic (exact) mass is 479 g/mol. The number of thiophene rings is 1. The summed E-state index contributed by atoms with van der Waals surface area (Å²) in [6.07, 6.45) is 2.30. The zero-order valence-corrected chi connectivity index (χ0v) is 19.4. The van der Waals surface area contributed by atoms with Crippen LogP contribution in [0.2, 0.25) is 0 Å². The predicted octanol–water partition coefficient (Wildman–Crippen LogP) is 3.09. The number of rotatable bonds is 6. The number of hydrogen-bond donors (Lipinski definition) is 2.